The zero-order valence-electron chi connectivity index (χ0n) is 9.58. The molecule has 0 unspecified atom stereocenters. The predicted molar refractivity (Wildman–Crippen MR) is 71.1 cm³/mol. The van der Waals surface area contributed by atoms with Gasteiger partial charge in [0.2, 0.25) is 0 Å². The molecule has 0 spiro atoms. The smallest absolute Gasteiger partial charge is 0.335 e. The van der Waals surface area contributed by atoms with Gasteiger partial charge in [-0.1, -0.05) is 30.3 Å². The number of hydrogen-bond donors (Lipinski definition) is 2. The lowest BCUT2D eigenvalue weighted by molar-refractivity contribution is 0.0697. The van der Waals surface area contributed by atoms with Crippen LogP contribution in [0.4, 0.5) is 5.69 Å². The van der Waals surface area contributed by atoms with E-state index in [1.54, 1.807) is 18.3 Å². The molecule has 4 nitrogen and oxygen atoms in total. The SMILES string of the molecule is O=C(O)c1ccc(N/N=C/c2ccccc2)cc1. The second-order valence-electron chi connectivity index (χ2n) is 3.66. The van der Waals surface area contributed by atoms with Crippen molar-refractivity contribution in [1.82, 2.24) is 0 Å². The van der Waals surface area contributed by atoms with Gasteiger partial charge in [-0.25, -0.2) is 4.79 Å². The van der Waals surface area contributed by atoms with Crippen molar-refractivity contribution in [3.8, 4) is 0 Å². The summed E-state index contributed by atoms with van der Waals surface area (Å²) >= 11 is 0. The third-order valence-corrected chi connectivity index (χ3v) is 2.34. The van der Waals surface area contributed by atoms with Gasteiger partial charge in [0.1, 0.15) is 0 Å². The van der Waals surface area contributed by atoms with Crippen molar-refractivity contribution in [3.05, 3.63) is 65.7 Å². The van der Waals surface area contributed by atoms with E-state index in [4.69, 9.17) is 5.11 Å². The van der Waals surface area contributed by atoms with Crippen LogP contribution in [0.2, 0.25) is 0 Å². The number of nitrogens with one attached hydrogen (secondary N) is 1. The summed E-state index contributed by atoms with van der Waals surface area (Å²) in [5.41, 5.74) is 4.83. The minimum Gasteiger partial charge on any atom is -0.478 e. The first-order valence-electron chi connectivity index (χ1n) is 5.43. The van der Waals surface area contributed by atoms with Gasteiger partial charge in [0.15, 0.2) is 0 Å². The lowest BCUT2D eigenvalue weighted by Crippen LogP contribution is -1.96. The molecular weight excluding hydrogens is 228 g/mol. The fourth-order valence-corrected chi connectivity index (χ4v) is 1.41. The molecule has 2 N–H and O–H groups in total. The maximum absolute atomic E-state index is 10.7. The average molecular weight is 240 g/mol. The van der Waals surface area contributed by atoms with Crippen LogP contribution in [0.25, 0.3) is 0 Å². The molecule has 0 saturated heterocycles. The number of rotatable bonds is 4. The van der Waals surface area contributed by atoms with Crippen LogP contribution in [0.1, 0.15) is 15.9 Å². The van der Waals surface area contributed by atoms with E-state index < -0.39 is 5.97 Å². The van der Waals surface area contributed by atoms with Crippen molar-refractivity contribution >= 4 is 17.9 Å². The van der Waals surface area contributed by atoms with E-state index >= 15 is 0 Å². The van der Waals surface area contributed by atoms with Gasteiger partial charge < -0.3 is 5.11 Å². The van der Waals surface area contributed by atoms with Crippen molar-refractivity contribution in [3.63, 3.8) is 0 Å². The zero-order valence-corrected chi connectivity index (χ0v) is 9.58. The molecule has 90 valence electrons. The highest BCUT2D eigenvalue weighted by Gasteiger charge is 2.00. The summed E-state index contributed by atoms with van der Waals surface area (Å²) in [6.07, 6.45) is 1.70. The van der Waals surface area contributed by atoms with Gasteiger partial charge in [-0.2, -0.15) is 5.10 Å². The van der Waals surface area contributed by atoms with Gasteiger partial charge >= 0.3 is 5.97 Å². The predicted octanol–water partition coefficient (Wildman–Crippen LogP) is 2.83. The maximum Gasteiger partial charge on any atom is 0.335 e. The molecule has 0 aliphatic rings. The van der Waals surface area contributed by atoms with Crippen LogP contribution in [0, 0.1) is 0 Å². The van der Waals surface area contributed by atoms with Crippen molar-refractivity contribution in [2.75, 3.05) is 5.43 Å². The summed E-state index contributed by atoms with van der Waals surface area (Å²) in [5.74, 6) is -0.936. The van der Waals surface area contributed by atoms with Crippen LogP contribution in [0.5, 0.6) is 0 Å². The minimum absolute atomic E-state index is 0.257. The quantitative estimate of drug-likeness (QED) is 0.638. The molecule has 0 amide bonds. The van der Waals surface area contributed by atoms with Crippen LogP contribution in [0.3, 0.4) is 0 Å². The molecule has 0 atom stereocenters. The third kappa shape index (κ3) is 3.18. The number of anilines is 1. The van der Waals surface area contributed by atoms with E-state index in [2.05, 4.69) is 10.5 Å². The Labute approximate surface area is 105 Å². The fraction of sp³-hybridized carbons (Fsp3) is 0. The fourth-order valence-electron chi connectivity index (χ4n) is 1.41. The first-order valence-corrected chi connectivity index (χ1v) is 5.43. The molecule has 0 aliphatic heterocycles. The minimum atomic E-state index is -0.936. The number of nitrogens with zero attached hydrogens (tertiary/aromatic N) is 1. The molecule has 2 rings (SSSR count). The van der Waals surface area contributed by atoms with Gasteiger partial charge in [0.05, 0.1) is 17.5 Å². The molecule has 0 saturated carbocycles. The number of carboxylic acid groups (broad SMARTS) is 1. The Balaban J connectivity index is 1.98. The topological polar surface area (TPSA) is 61.7 Å². The number of hydrazone groups is 1. The summed E-state index contributed by atoms with van der Waals surface area (Å²) in [7, 11) is 0. The summed E-state index contributed by atoms with van der Waals surface area (Å²) < 4.78 is 0. The molecular formula is C14H12N2O2. The highest BCUT2D eigenvalue weighted by Crippen LogP contribution is 2.09. The number of hydrogen-bond acceptors (Lipinski definition) is 3. The Morgan fingerprint density at radius 2 is 1.72 bits per heavy atom. The molecule has 0 aromatic heterocycles. The van der Waals surface area contributed by atoms with Crippen molar-refractivity contribution in [2.24, 2.45) is 5.10 Å². The lowest BCUT2D eigenvalue weighted by Gasteiger charge is -2.00. The van der Waals surface area contributed by atoms with Crippen LogP contribution >= 0.6 is 0 Å². The first kappa shape index (κ1) is 11.9. The summed E-state index contributed by atoms with van der Waals surface area (Å²) in [6, 6.07) is 16.1. The number of aromatic carboxylic acids is 1. The molecule has 18 heavy (non-hydrogen) atoms. The Morgan fingerprint density at radius 3 is 2.33 bits per heavy atom. The zero-order chi connectivity index (χ0) is 12.8. The average Bonchev–Trinajstić information content (AvgIpc) is 2.40. The van der Waals surface area contributed by atoms with Crippen molar-refractivity contribution < 1.29 is 9.90 Å². The molecule has 0 heterocycles. The second-order valence-corrected chi connectivity index (χ2v) is 3.66. The van der Waals surface area contributed by atoms with Crippen molar-refractivity contribution in [2.45, 2.75) is 0 Å². The molecule has 2 aromatic carbocycles. The van der Waals surface area contributed by atoms with E-state index in [9.17, 15) is 4.79 Å². The molecule has 4 heteroatoms. The summed E-state index contributed by atoms with van der Waals surface area (Å²) in [5, 5.41) is 12.8. The van der Waals surface area contributed by atoms with E-state index in [-0.39, 0.29) is 5.56 Å². The largest absolute Gasteiger partial charge is 0.478 e. The Kier molecular flexibility index (Phi) is 3.71. The van der Waals surface area contributed by atoms with Gasteiger partial charge in [-0.05, 0) is 29.8 Å². The van der Waals surface area contributed by atoms with Gasteiger partial charge in [-0.15, -0.1) is 0 Å². The second kappa shape index (κ2) is 5.63. The normalized spacial score (nSPS) is 10.4. The third-order valence-electron chi connectivity index (χ3n) is 2.34. The Morgan fingerprint density at radius 1 is 1.06 bits per heavy atom. The molecule has 0 fully saturated rings. The van der Waals surface area contributed by atoms with E-state index in [1.807, 2.05) is 30.3 Å². The Bertz CT molecular complexity index is 548. The first-order chi connectivity index (χ1) is 8.75. The van der Waals surface area contributed by atoms with Gasteiger partial charge in [0.25, 0.3) is 0 Å². The monoisotopic (exact) mass is 240 g/mol. The molecule has 2 aromatic rings. The Hall–Kier alpha value is -2.62. The number of benzene rings is 2. The highest BCUT2D eigenvalue weighted by atomic mass is 16.4. The van der Waals surface area contributed by atoms with E-state index in [1.165, 1.54) is 12.1 Å². The summed E-state index contributed by atoms with van der Waals surface area (Å²) in [6.45, 7) is 0. The van der Waals surface area contributed by atoms with Crippen LogP contribution in [-0.2, 0) is 0 Å². The standard InChI is InChI=1S/C14H12N2O2/c17-14(18)12-6-8-13(9-7-12)16-15-10-11-4-2-1-3-5-11/h1-10,16H,(H,17,18)/b15-10+. The number of carboxylic acids is 1. The summed E-state index contributed by atoms with van der Waals surface area (Å²) in [4.78, 5) is 10.7. The van der Waals surface area contributed by atoms with Crippen LogP contribution in [-0.4, -0.2) is 17.3 Å². The highest BCUT2D eigenvalue weighted by molar-refractivity contribution is 5.88. The van der Waals surface area contributed by atoms with Crippen molar-refractivity contribution in [1.29, 1.82) is 0 Å². The maximum atomic E-state index is 10.7. The number of carbonyl (C=O) groups is 1. The van der Waals surface area contributed by atoms with Gasteiger partial charge in [-0.3, -0.25) is 5.43 Å². The molecule has 0 radical (unpaired) electrons. The molecule has 0 aliphatic carbocycles. The van der Waals surface area contributed by atoms with Gasteiger partial charge in [0, 0.05) is 0 Å². The van der Waals surface area contributed by atoms with E-state index in [0.29, 0.717) is 0 Å². The van der Waals surface area contributed by atoms with Crippen LogP contribution < -0.4 is 5.43 Å². The van der Waals surface area contributed by atoms with E-state index in [0.717, 1.165) is 11.3 Å². The molecule has 0 bridgehead atoms. The van der Waals surface area contributed by atoms with Crippen LogP contribution in [0.15, 0.2) is 59.7 Å². The lowest BCUT2D eigenvalue weighted by atomic mass is 10.2.